The van der Waals surface area contributed by atoms with E-state index in [0.717, 1.165) is 48.7 Å². The average Bonchev–Trinajstić information content (AvgIpc) is 3.11. The molecule has 2 atom stereocenters. The zero-order valence-corrected chi connectivity index (χ0v) is 18.3. The smallest absolute Gasteiger partial charge is 0.307 e. The number of rotatable bonds is 7. The maximum absolute atomic E-state index is 11.2. The third-order valence-electron chi connectivity index (χ3n) is 6.32. The number of carbonyl (C=O) groups is 1. The van der Waals surface area contributed by atoms with E-state index in [-0.39, 0.29) is 12.5 Å². The van der Waals surface area contributed by atoms with Gasteiger partial charge in [0.25, 0.3) is 0 Å². The van der Waals surface area contributed by atoms with Gasteiger partial charge in [-0.1, -0.05) is 41.9 Å². The summed E-state index contributed by atoms with van der Waals surface area (Å²) in [5.41, 5.74) is 2.97. The van der Waals surface area contributed by atoms with Crippen molar-refractivity contribution in [2.24, 2.45) is 0 Å². The number of aliphatic carboxylic acids is 1. The van der Waals surface area contributed by atoms with Crippen molar-refractivity contribution in [3.05, 3.63) is 64.7 Å². The molecule has 2 aromatic rings. The predicted octanol–water partition coefficient (Wildman–Crippen LogP) is 2.77. The minimum atomic E-state index is -0.841. The Labute approximate surface area is 188 Å². The van der Waals surface area contributed by atoms with Gasteiger partial charge in [-0.05, 0) is 55.3 Å². The van der Waals surface area contributed by atoms with E-state index < -0.39 is 12.1 Å². The molecule has 2 aromatic carbocycles. The number of carboxylic acids is 1. The highest BCUT2D eigenvalue weighted by atomic mass is 35.5. The lowest BCUT2D eigenvalue weighted by atomic mass is 10.0. The molecule has 2 heterocycles. The first-order valence-electron chi connectivity index (χ1n) is 10.9. The van der Waals surface area contributed by atoms with Crippen molar-refractivity contribution >= 4 is 23.3 Å². The summed E-state index contributed by atoms with van der Waals surface area (Å²) < 4.78 is 0. The monoisotopic (exact) mass is 443 g/mol. The number of anilines is 1. The Bertz CT molecular complexity index is 884. The number of nitrogens with one attached hydrogen (secondary N) is 1. The van der Waals surface area contributed by atoms with Crippen molar-refractivity contribution in [2.75, 3.05) is 31.1 Å². The fourth-order valence-corrected chi connectivity index (χ4v) is 4.81. The number of aliphatic hydroxyl groups excluding tert-OH is 1. The van der Waals surface area contributed by atoms with Gasteiger partial charge >= 0.3 is 5.97 Å². The van der Waals surface area contributed by atoms with E-state index >= 15 is 0 Å². The lowest BCUT2D eigenvalue weighted by Crippen LogP contribution is -2.49. The maximum Gasteiger partial charge on any atom is 0.307 e. The molecule has 6 nitrogen and oxygen atoms in total. The lowest BCUT2D eigenvalue weighted by molar-refractivity contribution is -0.136. The molecule has 0 saturated carbocycles. The van der Waals surface area contributed by atoms with Crippen LogP contribution in [-0.2, 0) is 17.8 Å². The number of aliphatic hydroxyl groups is 1. The summed E-state index contributed by atoms with van der Waals surface area (Å²) >= 11 is 5.97. The topological polar surface area (TPSA) is 76.0 Å². The molecule has 166 valence electrons. The maximum atomic E-state index is 11.2. The van der Waals surface area contributed by atoms with E-state index in [1.165, 1.54) is 5.56 Å². The standard InChI is InChI=1S/C24H30ClN3O3/c25-19-7-5-17(6-8-19)14-27-11-9-20(10-12-27)26-21-15-28(16-23(21)29)22-4-2-1-3-18(22)13-24(30)31/h1-8,20-21,23,26,29H,9-16H2,(H,30,31)/t21-,23-/m0/s1. The van der Waals surface area contributed by atoms with Gasteiger partial charge < -0.3 is 20.4 Å². The summed E-state index contributed by atoms with van der Waals surface area (Å²) in [6.07, 6.45) is 1.62. The Morgan fingerprint density at radius 2 is 1.77 bits per heavy atom. The van der Waals surface area contributed by atoms with Crippen LogP contribution in [0.25, 0.3) is 0 Å². The number of benzene rings is 2. The first-order valence-corrected chi connectivity index (χ1v) is 11.3. The number of likely N-dealkylation sites (tertiary alicyclic amines) is 1. The molecule has 2 saturated heterocycles. The molecule has 3 N–H and O–H groups in total. The van der Waals surface area contributed by atoms with Crippen molar-refractivity contribution in [2.45, 2.75) is 44.0 Å². The third kappa shape index (κ3) is 5.77. The normalized spacial score (nSPS) is 22.7. The summed E-state index contributed by atoms with van der Waals surface area (Å²) in [6, 6.07) is 16.0. The quantitative estimate of drug-likeness (QED) is 0.611. The van der Waals surface area contributed by atoms with Crippen LogP contribution in [0.3, 0.4) is 0 Å². The molecule has 0 amide bonds. The van der Waals surface area contributed by atoms with Crippen LogP contribution in [0.2, 0.25) is 5.02 Å². The van der Waals surface area contributed by atoms with Crippen molar-refractivity contribution in [1.29, 1.82) is 0 Å². The number of β-amino-alcohol motifs (C(OH)–C–C–N with tert-alkyl or cyclic N) is 1. The zero-order chi connectivity index (χ0) is 21.8. The van der Waals surface area contributed by atoms with Crippen LogP contribution in [-0.4, -0.2) is 65.4 Å². The van der Waals surface area contributed by atoms with E-state index in [0.29, 0.717) is 19.1 Å². The Balaban J connectivity index is 1.29. The summed E-state index contributed by atoms with van der Waals surface area (Å²) in [7, 11) is 0. The van der Waals surface area contributed by atoms with Gasteiger partial charge in [0.1, 0.15) is 0 Å². The molecule has 0 bridgehead atoms. The molecule has 4 rings (SSSR count). The van der Waals surface area contributed by atoms with Crippen LogP contribution in [0.1, 0.15) is 24.0 Å². The molecule has 0 unspecified atom stereocenters. The summed E-state index contributed by atoms with van der Waals surface area (Å²) in [5.74, 6) is -0.841. The Kier molecular flexibility index (Phi) is 7.13. The van der Waals surface area contributed by atoms with Crippen LogP contribution in [0, 0.1) is 0 Å². The minimum Gasteiger partial charge on any atom is -0.481 e. The van der Waals surface area contributed by atoms with Crippen molar-refractivity contribution < 1.29 is 15.0 Å². The first kappa shape index (κ1) is 22.1. The highest BCUT2D eigenvalue weighted by Gasteiger charge is 2.34. The van der Waals surface area contributed by atoms with Gasteiger partial charge in [0.2, 0.25) is 0 Å². The van der Waals surface area contributed by atoms with Crippen LogP contribution >= 0.6 is 11.6 Å². The summed E-state index contributed by atoms with van der Waals surface area (Å²) in [5, 5.41) is 24.3. The number of para-hydroxylation sites is 1. The molecule has 2 aliphatic rings. The molecular formula is C24H30ClN3O3. The number of carboxylic acid groups (broad SMARTS) is 1. The van der Waals surface area contributed by atoms with Crippen LogP contribution in [0.4, 0.5) is 5.69 Å². The minimum absolute atomic E-state index is 0.00700. The van der Waals surface area contributed by atoms with Gasteiger partial charge in [0.05, 0.1) is 18.6 Å². The first-order chi connectivity index (χ1) is 15.0. The molecule has 7 heteroatoms. The van der Waals surface area contributed by atoms with Crippen LogP contribution in [0.5, 0.6) is 0 Å². The average molecular weight is 444 g/mol. The fourth-order valence-electron chi connectivity index (χ4n) is 4.69. The number of piperidine rings is 1. The SMILES string of the molecule is O=C(O)Cc1ccccc1N1C[C@H](NC2CCN(Cc3ccc(Cl)cc3)CC2)[C@@H](O)C1. The predicted molar refractivity (Wildman–Crippen MR) is 123 cm³/mol. The Morgan fingerprint density at radius 1 is 1.06 bits per heavy atom. The van der Waals surface area contributed by atoms with Gasteiger partial charge in [0.15, 0.2) is 0 Å². The highest BCUT2D eigenvalue weighted by Crippen LogP contribution is 2.26. The van der Waals surface area contributed by atoms with Crippen LogP contribution in [0.15, 0.2) is 48.5 Å². The molecule has 0 aromatic heterocycles. The molecule has 31 heavy (non-hydrogen) atoms. The number of hydrogen-bond acceptors (Lipinski definition) is 5. The molecule has 0 spiro atoms. The number of halogens is 1. The van der Waals surface area contributed by atoms with Crippen molar-refractivity contribution in [3.8, 4) is 0 Å². The van der Waals surface area contributed by atoms with Gasteiger partial charge in [-0.15, -0.1) is 0 Å². The molecule has 2 aliphatic heterocycles. The summed E-state index contributed by atoms with van der Waals surface area (Å²) in [4.78, 5) is 15.8. The highest BCUT2D eigenvalue weighted by molar-refractivity contribution is 6.30. The van der Waals surface area contributed by atoms with Gasteiger partial charge in [-0.25, -0.2) is 0 Å². The largest absolute Gasteiger partial charge is 0.481 e. The van der Waals surface area contributed by atoms with Gasteiger partial charge in [0, 0.05) is 36.4 Å². The summed E-state index contributed by atoms with van der Waals surface area (Å²) in [6.45, 7) is 4.18. The van der Waals surface area contributed by atoms with E-state index in [1.54, 1.807) is 0 Å². The zero-order valence-electron chi connectivity index (χ0n) is 17.6. The molecular weight excluding hydrogens is 414 g/mol. The van der Waals surface area contributed by atoms with E-state index in [4.69, 9.17) is 11.6 Å². The van der Waals surface area contributed by atoms with Crippen molar-refractivity contribution in [1.82, 2.24) is 10.2 Å². The van der Waals surface area contributed by atoms with Gasteiger partial charge in [-0.3, -0.25) is 9.69 Å². The second-order valence-electron chi connectivity index (χ2n) is 8.62. The van der Waals surface area contributed by atoms with Gasteiger partial charge in [-0.2, -0.15) is 0 Å². The van der Waals surface area contributed by atoms with E-state index in [1.807, 2.05) is 36.4 Å². The number of hydrogen-bond donors (Lipinski definition) is 3. The molecule has 0 aliphatic carbocycles. The van der Waals surface area contributed by atoms with E-state index in [2.05, 4.69) is 27.2 Å². The lowest BCUT2D eigenvalue weighted by Gasteiger charge is -2.34. The third-order valence-corrected chi connectivity index (χ3v) is 6.57. The van der Waals surface area contributed by atoms with Crippen LogP contribution < -0.4 is 10.2 Å². The second kappa shape index (κ2) is 10.0. The Hall–Kier alpha value is -2.12. The van der Waals surface area contributed by atoms with Crippen molar-refractivity contribution in [3.63, 3.8) is 0 Å². The second-order valence-corrected chi connectivity index (χ2v) is 9.06. The molecule has 2 fully saturated rings. The molecule has 0 radical (unpaired) electrons. The fraction of sp³-hybridized carbons (Fsp3) is 0.458. The number of nitrogens with zero attached hydrogens (tertiary/aromatic N) is 2. The Morgan fingerprint density at radius 3 is 2.48 bits per heavy atom. The van der Waals surface area contributed by atoms with E-state index in [9.17, 15) is 15.0 Å².